The first-order valence-corrected chi connectivity index (χ1v) is 7.91. The highest BCUT2D eigenvalue weighted by atomic mass is 16.5. The molecule has 0 atom stereocenters. The molecule has 0 aromatic heterocycles. The summed E-state index contributed by atoms with van der Waals surface area (Å²) in [5.74, 6) is -1.70. The van der Waals surface area contributed by atoms with Crippen LogP contribution in [-0.4, -0.2) is 31.0 Å². The van der Waals surface area contributed by atoms with Crippen LogP contribution in [0.3, 0.4) is 0 Å². The standard InChI is InChI=1S/C19H20N2O5/c1-12-7-8-14(9-13(12)2)21-18(23)11-26-19(24)15-5-3-4-6-16(15)25-10-17(20)22/h3-9H,10-11H2,1-2H3,(H2,20,22)(H,21,23). The van der Waals surface area contributed by atoms with Crippen LogP contribution in [0.25, 0.3) is 0 Å². The molecule has 2 rings (SSSR count). The summed E-state index contributed by atoms with van der Waals surface area (Å²) in [5.41, 5.74) is 7.91. The van der Waals surface area contributed by atoms with Crippen molar-refractivity contribution >= 4 is 23.5 Å². The zero-order valence-corrected chi connectivity index (χ0v) is 14.6. The van der Waals surface area contributed by atoms with Gasteiger partial charge in [0.05, 0.1) is 0 Å². The largest absolute Gasteiger partial charge is 0.483 e. The van der Waals surface area contributed by atoms with Gasteiger partial charge in [-0.2, -0.15) is 0 Å². The average molecular weight is 356 g/mol. The SMILES string of the molecule is Cc1ccc(NC(=O)COC(=O)c2ccccc2OCC(N)=O)cc1C. The van der Waals surface area contributed by atoms with Gasteiger partial charge >= 0.3 is 5.97 Å². The molecule has 0 aliphatic rings. The fourth-order valence-electron chi connectivity index (χ4n) is 2.14. The highest BCUT2D eigenvalue weighted by molar-refractivity contribution is 5.96. The second kappa shape index (κ2) is 8.66. The smallest absolute Gasteiger partial charge is 0.342 e. The number of aryl methyl sites for hydroxylation is 2. The van der Waals surface area contributed by atoms with E-state index in [0.717, 1.165) is 11.1 Å². The monoisotopic (exact) mass is 356 g/mol. The summed E-state index contributed by atoms with van der Waals surface area (Å²) in [4.78, 5) is 34.9. The molecule has 0 aliphatic carbocycles. The maximum absolute atomic E-state index is 12.2. The molecule has 0 bridgehead atoms. The molecule has 0 radical (unpaired) electrons. The lowest BCUT2D eigenvalue weighted by Gasteiger charge is -2.11. The van der Waals surface area contributed by atoms with Crippen LogP contribution >= 0.6 is 0 Å². The Morgan fingerprint density at radius 1 is 1.00 bits per heavy atom. The van der Waals surface area contributed by atoms with Crippen LogP contribution in [-0.2, 0) is 14.3 Å². The van der Waals surface area contributed by atoms with Crippen LogP contribution in [0.2, 0.25) is 0 Å². The Hall–Kier alpha value is -3.35. The van der Waals surface area contributed by atoms with Crippen LogP contribution in [0.15, 0.2) is 42.5 Å². The quantitative estimate of drug-likeness (QED) is 0.738. The molecule has 0 fully saturated rings. The number of benzene rings is 2. The predicted octanol–water partition coefficient (Wildman–Crippen LogP) is 1.96. The minimum Gasteiger partial charge on any atom is -0.483 e. The Balaban J connectivity index is 1.94. The van der Waals surface area contributed by atoms with Gasteiger partial charge in [-0.05, 0) is 49.2 Å². The maximum atomic E-state index is 12.2. The number of rotatable bonds is 7. The van der Waals surface area contributed by atoms with E-state index in [2.05, 4.69) is 5.32 Å². The highest BCUT2D eigenvalue weighted by Gasteiger charge is 2.16. The third-order valence-corrected chi connectivity index (χ3v) is 3.60. The van der Waals surface area contributed by atoms with Gasteiger partial charge in [-0.3, -0.25) is 9.59 Å². The molecule has 136 valence electrons. The van der Waals surface area contributed by atoms with E-state index >= 15 is 0 Å². The maximum Gasteiger partial charge on any atom is 0.342 e. The van der Waals surface area contributed by atoms with Crippen molar-refractivity contribution in [3.63, 3.8) is 0 Å². The summed E-state index contributed by atoms with van der Waals surface area (Å²) in [7, 11) is 0. The van der Waals surface area contributed by atoms with Crippen LogP contribution in [0.1, 0.15) is 21.5 Å². The van der Waals surface area contributed by atoms with Gasteiger partial charge in [0, 0.05) is 5.69 Å². The summed E-state index contributed by atoms with van der Waals surface area (Å²) >= 11 is 0. The van der Waals surface area contributed by atoms with Crippen molar-refractivity contribution in [2.24, 2.45) is 5.73 Å². The van der Waals surface area contributed by atoms with Gasteiger partial charge in [-0.1, -0.05) is 18.2 Å². The van der Waals surface area contributed by atoms with E-state index in [4.69, 9.17) is 15.2 Å². The van der Waals surface area contributed by atoms with Gasteiger partial charge in [0.25, 0.3) is 11.8 Å². The van der Waals surface area contributed by atoms with Gasteiger partial charge in [0.1, 0.15) is 11.3 Å². The number of anilines is 1. The molecule has 7 heteroatoms. The van der Waals surface area contributed by atoms with E-state index in [9.17, 15) is 14.4 Å². The van der Waals surface area contributed by atoms with Crippen LogP contribution in [0, 0.1) is 13.8 Å². The van der Waals surface area contributed by atoms with Crippen molar-refractivity contribution in [3.8, 4) is 5.75 Å². The lowest BCUT2D eigenvalue weighted by molar-refractivity contribution is -0.120. The number of hydrogen-bond acceptors (Lipinski definition) is 5. The third-order valence-electron chi connectivity index (χ3n) is 3.60. The zero-order chi connectivity index (χ0) is 19.1. The molecule has 2 aromatic rings. The Morgan fingerprint density at radius 3 is 2.42 bits per heavy atom. The van der Waals surface area contributed by atoms with Crippen molar-refractivity contribution in [1.82, 2.24) is 0 Å². The Bertz CT molecular complexity index is 832. The van der Waals surface area contributed by atoms with E-state index in [-0.39, 0.29) is 17.9 Å². The Morgan fingerprint density at radius 2 is 1.73 bits per heavy atom. The Labute approximate surface area is 151 Å². The van der Waals surface area contributed by atoms with Crippen molar-refractivity contribution in [2.45, 2.75) is 13.8 Å². The molecule has 0 heterocycles. The lowest BCUT2D eigenvalue weighted by atomic mass is 10.1. The number of amides is 2. The first-order valence-electron chi connectivity index (χ1n) is 7.91. The van der Waals surface area contributed by atoms with Gasteiger partial charge in [-0.15, -0.1) is 0 Å². The van der Waals surface area contributed by atoms with E-state index in [0.29, 0.717) is 5.69 Å². The summed E-state index contributed by atoms with van der Waals surface area (Å²) in [6, 6.07) is 11.7. The van der Waals surface area contributed by atoms with Crippen molar-refractivity contribution in [2.75, 3.05) is 18.5 Å². The van der Waals surface area contributed by atoms with Crippen LogP contribution in [0.5, 0.6) is 5.75 Å². The summed E-state index contributed by atoms with van der Waals surface area (Å²) in [5, 5.41) is 2.66. The second-order valence-corrected chi connectivity index (χ2v) is 5.67. The van der Waals surface area contributed by atoms with E-state index < -0.39 is 24.4 Å². The molecule has 0 spiro atoms. The summed E-state index contributed by atoms with van der Waals surface area (Å²) < 4.78 is 10.2. The molecule has 0 saturated heterocycles. The van der Waals surface area contributed by atoms with Crippen molar-refractivity contribution < 1.29 is 23.9 Å². The highest BCUT2D eigenvalue weighted by Crippen LogP contribution is 2.19. The number of carbonyl (C=O) groups is 3. The molecule has 7 nitrogen and oxygen atoms in total. The first-order chi connectivity index (χ1) is 12.4. The summed E-state index contributed by atoms with van der Waals surface area (Å²) in [6.07, 6.45) is 0. The van der Waals surface area contributed by atoms with Crippen molar-refractivity contribution in [1.29, 1.82) is 0 Å². The number of esters is 1. The lowest BCUT2D eigenvalue weighted by Crippen LogP contribution is -2.22. The molecular weight excluding hydrogens is 336 g/mol. The topological polar surface area (TPSA) is 108 Å². The van der Waals surface area contributed by atoms with E-state index in [1.54, 1.807) is 18.2 Å². The molecule has 3 N–H and O–H groups in total. The molecule has 0 unspecified atom stereocenters. The van der Waals surface area contributed by atoms with Gasteiger partial charge in [0.15, 0.2) is 13.2 Å². The van der Waals surface area contributed by atoms with Crippen LogP contribution < -0.4 is 15.8 Å². The molecule has 2 amide bonds. The average Bonchev–Trinajstić information content (AvgIpc) is 2.61. The molecule has 0 saturated carbocycles. The molecule has 0 aliphatic heterocycles. The van der Waals surface area contributed by atoms with Crippen molar-refractivity contribution in [3.05, 3.63) is 59.2 Å². The fourth-order valence-corrected chi connectivity index (χ4v) is 2.14. The zero-order valence-electron chi connectivity index (χ0n) is 14.6. The number of primary amides is 1. The minimum atomic E-state index is -0.736. The van der Waals surface area contributed by atoms with E-state index in [1.807, 2.05) is 26.0 Å². The second-order valence-electron chi connectivity index (χ2n) is 5.67. The summed E-state index contributed by atoms with van der Waals surface area (Å²) in [6.45, 7) is 3.10. The number of carbonyl (C=O) groups excluding carboxylic acids is 3. The molecule has 2 aromatic carbocycles. The number of hydrogen-bond donors (Lipinski definition) is 2. The third kappa shape index (κ3) is 5.34. The fraction of sp³-hybridized carbons (Fsp3) is 0.211. The molecule has 26 heavy (non-hydrogen) atoms. The Kier molecular flexibility index (Phi) is 6.32. The van der Waals surface area contributed by atoms with Gasteiger partial charge < -0.3 is 20.5 Å². The number of nitrogens with one attached hydrogen (secondary N) is 1. The number of ether oxygens (including phenoxy) is 2. The minimum absolute atomic E-state index is 0.104. The number of nitrogens with two attached hydrogens (primary N) is 1. The van der Waals surface area contributed by atoms with Crippen LogP contribution in [0.4, 0.5) is 5.69 Å². The number of para-hydroxylation sites is 1. The van der Waals surface area contributed by atoms with Gasteiger partial charge in [-0.25, -0.2) is 4.79 Å². The normalized spacial score (nSPS) is 10.1. The van der Waals surface area contributed by atoms with Gasteiger partial charge in [0.2, 0.25) is 0 Å². The first kappa shape index (κ1) is 19.0. The predicted molar refractivity (Wildman–Crippen MR) is 96.0 cm³/mol. The molecular formula is C19H20N2O5. The van der Waals surface area contributed by atoms with E-state index in [1.165, 1.54) is 12.1 Å².